The fraction of sp³-hybridized carbons (Fsp3) is 0.600. The van der Waals surface area contributed by atoms with Crippen LogP contribution in [0.4, 0.5) is 4.39 Å². The summed E-state index contributed by atoms with van der Waals surface area (Å²) in [7, 11) is 2.13. The van der Waals surface area contributed by atoms with Crippen molar-refractivity contribution in [3.8, 4) is 5.75 Å². The van der Waals surface area contributed by atoms with Crippen molar-refractivity contribution in [1.29, 1.82) is 0 Å². The molecular formula is C15H25FN2O. The zero-order chi connectivity index (χ0) is 14.3. The fourth-order valence-electron chi connectivity index (χ4n) is 1.84. The van der Waals surface area contributed by atoms with Crippen LogP contribution in [0.3, 0.4) is 0 Å². The van der Waals surface area contributed by atoms with Crippen LogP contribution in [0.15, 0.2) is 18.2 Å². The molecule has 1 aromatic carbocycles. The Morgan fingerprint density at radius 3 is 2.63 bits per heavy atom. The molecule has 3 nitrogen and oxygen atoms in total. The largest absolute Gasteiger partial charge is 0.508 e. The molecular weight excluding hydrogens is 243 g/mol. The topological polar surface area (TPSA) is 35.5 Å². The lowest BCUT2D eigenvalue weighted by Gasteiger charge is -2.20. The quantitative estimate of drug-likeness (QED) is 0.712. The van der Waals surface area contributed by atoms with Crippen LogP contribution < -0.4 is 5.32 Å². The van der Waals surface area contributed by atoms with Gasteiger partial charge >= 0.3 is 0 Å². The first kappa shape index (κ1) is 15.9. The van der Waals surface area contributed by atoms with Gasteiger partial charge in [-0.05, 0) is 64.5 Å². The highest BCUT2D eigenvalue weighted by atomic mass is 19.1. The summed E-state index contributed by atoms with van der Waals surface area (Å²) in [6.45, 7) is 6.97. The molecule has 4 heteroatoms. The first-order chi connectivity index (χ1) is 8.99. The lowest BCUT2D eigenvalue weighted by Crippen LogP contribution is -2.27. The second-order valence-electron chi connectivity index (χ2n) is 5.28. The van der Waals surface area contributed by atoms with E-state index in [1.807, 2.05) is 0 Å². The van der Waals surface area contributed by atoms with Gasteiger partial charge in [0.15, 0.2) is 0 Å². The van der Waals surface area contributed by atoms with E-state index in [-0.39, 0.29) is 5.75 Å². The van der Waals surface area contributed by atoms with Crippen LogP contribution in [-0.4, -0.2) is 36.2 Å². The number of phenolic OH excluding ortho intramolecular Hbond substituents is 1. The Hall–Kier alpha value is -1.13. The van der Waals surface area contributed by atoms with E-state index >= 15 is 0 Å². The standard InChI is InChI=1S/C15H25FN2O/c1-12(2)18(3)7-5-4-6-17-11-13-8-14(16)10-15(19)9-13/h8-10,12,17,19H,4-7,11H2,1-3H3. The van der Waals surface area contributed by atoms with Gasteiger partial charge in [0.2, 0.25) is 0 Å². The Balaban J connectivity index is 2.14. The van der Waals surface area contributed by atoms with E-state index in [1.54, 1.807) is 6.07 Å². The number of rotatable bonds is 8. The third-order valence-corrected chi connectivity index (χ3v) is 3.27. The molecule has 0 heterocycles. The average molecular weight is 268 g/mol. The molecule has 108 valence electrons. The van der Waals surface area contributed by atoms with E-state index < -0.39 is 5.82 Å². The van der Waals surface area contributed by atoms with Gasteiger partial charge in [0.1, 0.15) is 11.6 Å². The van der Waals surface area contributed by atoms with E-state index in [4.69, 9.17) is 0 Å². The molecule has 0 unspecified atom stereocenters. The van der Waals surface area contributed by atoms with Gasteiger partial charge in [0.05, 0.1) is 0 Å². The Bertz CT molecular complexity index is 362. The van der Waals surface area contributed by atoms with Gasteiger partial charge in [-0.25, -0.2) is 4.39 Å². The van der Waals surface area contributed by atoms with E-state index in [1.165, 1.54) is 6.07 Å². The number of unbranched alkanes of at least 4 members (excludes halogenated alkanes) is 1. The van der Waals surface area contributed by atoms with Crippen molar-refractivity contribution >= 4 is 0 Å². The van der Waals surface area contributed by atoms with E-state index in [9.17, 15) is 9.50 Å². The number of benzene rings is 1. The Morgan fingerprint density at radius 2 is 2.00 bits per heavy atom. The summed E-state index contributed by atoms with van der Waals surface area (Å²) in [4.78, 5) is 2.32. The normalized spacial score (nSPS) is 11.5. The zero-order valence-corrected chi connectivity index (χ0v) is 12.1. The molecule has 0 aromatic heterocycles. The summed E-state index contributed by atoms with van der Waals surface area (Å²) < 4.78 is 13.0. The molecule has 0 amide bonds. The molecule has 0 atom stereocenters. The second kappa shape index (κ2) is 8.12. The van der Waals surface area contributed by atoms with Gasteiger partial charge in [-0.1, -0.05) is 0 Å². The number of hydrogen-bond acceptors (Lipinski definition) is 3. The molecule has 19 heavy (non-hydrogen) atoms. The van der Waals surface area contributed by atoms with Crippen LogP contribution in [0.2, 0.25) is 0 Å². The van der Waals surface area contributed by atoms with Crippen molar-refractivity contribution in [2.75, 3.05) is 20.1 Å². The summed E-state index contributed by atoms with van der Waals surface area (Å²) in [5.74, 6) is -0.411. The summed E-state index contributed by atoms with van der Waals surface area (Å²) in [6, 6.07) is 4.73. The SMILES string of the molecule is CC(C)N(C)CCCCNCc1cc(O)cc(F)c1. The monoisotopic (exact) mass is 268 g/mol. The summed E-state index contributed by atoms with van der Waals surface area (Å²) in [5.41, 5.74) is 0.775. The second-order valence-corrected chi connectivity index (χ2v) is 5.28. The molecule has 0 aliphatic carbocycles. The van der Waals surface area contributed by atoms with Gasteiger partial charge in [0, 0.05) is 18.7 Å². The maximum atomic E-state index is 13.0. The van der Waals surface area contributed by atoms with Gasteiger partial charge in [-0.2, -0.15) is 0 Å². The third-order valence-electron chi connectivity index (χ3n) is 3.27. The smallest absolute Gasteiger partial charge is 0.127 e. The minimum atomic E-state index is -0.393. The van der Waals surface area contributed by atoms with Crippen molar-refractivity contribution in [2.45, 2.75) is 39.3 Å². The zero-order valence-electron chi connectivity index (χ0n) is 12.1. The first-order valence-electron chi connectivity index (χ1n) is 6.88. The highest BCUT2D eigenvalue weighted by Crippen LogP contribution is 2.14. The number of hydrogen-bond donors (Lipinski definition) is 2. The van der Waals surface area contributed by atoms with E-state index in [0.717, 1.165) is 37.6 Å². The molecule has 0 radical (unpaired) electrons. The van der Waals surface area contributed by atoms with Crippen LogP contribution in [0.5, 0.6) is 5.75 Å². The van der Waals surface area contributed by atoms with Crippen LogP contribution >= 0.6 is 0 Å². The van der Waals surface area contributed by atoms with E-state index in [2.05, 4.69) is 31.1 Å². The summed E-state index contributed by atoms with van der Waals surface area (Å²) in [5, 5.41) is 12.5. The van der Waals surface area contributed by atoms with Gasteiger partial charge < -0.3 is 15.3 Å². The van der Waals surface area contributed by atoms with Gasteiger partial charge in [-0.15, -0.1) is 0 Å². The molecule has 2 N–H and O–H groups in total. The molecule has 0 bridgehead atoms. The minimum Gasteiger partial charge on any atom is -0.508 e. The lowest BCUT2D eigenvalue weighted by molar-refractivity contribution is 0.268. The Labute approximate surface area is 115 Å². The summed E-state index contributed by atoms with van der Waals surface area (Å²) in [6.07, 6.45) is 2.24. The maximum absolute atomic E-state index is 13.0. The van der Waals surface area contributed by atoms with Crippen LogP contribution in [0, 0.1) is 5.82 Å². The predicted molar refractivity (Wildman–Crippen MR) is 76.8 cm³/mol. The van der Waals surface area contributed by atoms with Crippen molar-refractivity contribution in [1.82, 2.24) is 10.2 Å². The maximum Gasteiger partial charge on any atom is 0.127 e. The van der Waals surface area contributed by atoms with Crippen molar-refractivity contribution in [3.63, 3.8) is 0 Å². The predicted octanol–water partition coefficient (Wildman–Crippen LogP) is 2.74. The van der Waals surface area contributed by atoms with Crippen molar-refractivity contribution < 1.29 is 9.50 Å². The number of phenols is 1. The molecule has 1 rings (SSSR count). The number of aromatic hydroxyl groups is 1. The molecule has 0 saturated carbocycles. The Morgan fingerprint density at radius 1 is 1.26 bits per heavy atom. The Kier molecular flexibility index (Phi) is 6.81. The van der Waals surface area contributed by atoms with Crippen molar-refractivity contribution in [2.24, 2.45) is 0 Å². The third kappa shape index (κ3) is 6.55. The number of nitrogens with one attached hydrogen (secondary N) is 1. The van der Waals surface area contributed by atoms with Crippen molar-refractivity contribution in [3.05, 3.63) is 29.6 Å². The number of nitrogens with zero attached hydrogens (tertiary/aromatic N) is 1. The molecule has 0 saturated heterocycles. The van der Waals surface area contributed by atoms with Crippen LogP contribution in [0.1, 0.15) is 32.3 Å². The summed E-state index contributed by atoms with van der Waals surface area (Å²) >= 11 is 0. The molecule has 1 aromatic rings. The van der Waals surface area contributed by atoms with E-state index in [0.29, 0.717) is 12.6 Å². The number of halogens is 1. The molecule has 0 spiro atoms. The van der Waals surface area contributed by atoms with Crippen LogP contribution in [-0.2, 0) is 6.54 Å². The molecule has 0 aliphatic rings. The van der Waals surface area contributed by atoms with Crippen LogP contribution in [0.25, 0.3) is 0 Å². The first-order valence-corrected chi connectivity index (χ1v) is 6.88. The highest BCUT2D eigenvalue weighted by Gasteiger charge is 2.02. The lowest BCUT2D eigenvalue weighted by atomic mass is 10.2. The van der Waals surface area contributed by atoms with Gasteiger partial charge in [-0.3, -0.25) is 0 Å². The van der Waals surface area contributed by atoms with Gasteiger partial charge in [0.25, 0.3) is 0 Å². The fourth-order valence-corrected chi connectivity index (χ4v) is 1.84. The average Bonchev–Trinajstić information content (AvgIpc) is 2.31. The minimum absolute atomic E-state index is 0.0182. The molecule has 0 fully saturated rings. The highest BCUT2D eigenvalue weighted by molar-refractivity contribution is 5.28. The molecule has 0 aliphatic heterocycles.